The van der Waals surface area contributed by atoms with Gasteiger partial charge in [-0.15, -0.1) is 0 Å². The van der Waals surface area contributed by atoms with E-state index in [1.165, 1.54) is 0 Å². The Morgan fingerprint density at radius 2 is 1.69 bits per heavy atom. The quantitative estimate of drug-likeness (QED) is 0.610. The van der Waals surface area contributed by atoms with Crippen molar-refractivity contribution in [3.63, 3.8) is 0 Å². The van der Waals surface area contributed by atoms with Gasteiger partial charge in [0.05, 0.1) is 11.2 Å². The van der Waals surface area contributed by atoms with Crippen LogP contribution in [0.4, 0.5) is 0 Å². The molecule has 0 aliphatic heterocycles. The highest BCUT2D eigenvalue weighted by Gasteiger charge is 2.00. The lowest BCUT2D eigenvalue weighted by Crippen LogP contribution is -1.84. The van der Waals surface area contributed by atoms with Crippen LogP contribution in [0, 0.1) is 0 Å². The highest BCUT2D eigenvalue weighted by atomic mass is 14.7. The van der Waals surface area contributed by atoms with E-state index in [1.54, 1.807) is 6.20 Å². The van der Waals surface area contributed by atoms with E-state index < -0.39 is 0 Å². The molecule has 0 radical (unpaired) electrons. The van der Waals surface area contributed by atoms with Crippen molar-refractivity contribution in [3.8, 4) is 11.3 Å². The van der Waals surface area contributed by atoms with Gasteiger partial charge in [0.1, 0.15) is 0 Å². The van der Waals surface area contributed by atoms with Gasteiger partial charge in [0.2, 0.25) is 0 Å². The molecule has 0 amide bonds. The molecular weight excluding hydrogens is 196 g/mol. The molecule has 16 heavy (non-hydrogen) atoms. The average Bonchev–Trinajstić information content (AvgIpc) is 2.39. The van der Waals surface area contributed by atoms with Gasteiger partial charge in [-0.1, -0.05) is 24.3 Å². The van der Waals surface area contributed by atoms with Crippen LogP contribution in [0.25, 0.3) is 22.2 Å². The summed E-state index contributed by atoms with van der Waals surface area (Å²) in [6.45, 7) is 0. The molecule has 0 saturated heterocycles. The van der Waals surface area contributed by atoms with Crippen LogP contribution in [-0.2, 0) is 0 Å². The number of nitrogens with zero attached hydrogens (tertiary/aromatic N) is 2. The molecule has 3 aromatic rings. The van der Waals surface area contributed by atoms with Gasteiger partial charge < -0.3 is 0 Å². The second-order valence-electron chi connectivity index (χ2n) is 3.63. The van der Waals surface area contributed by atoms with Crippen molar-refractivity contribution in [2.75, 3.05) is 0 Å². The second kappa shape index (κ2) is 3.74. The van der Waals surface area contributed by atoms with E-state index in [-0.39, 0.29) is 0 Å². The SMILES string of the molecule is c1ccc(-c2cnc3ccccc3c2)nc1. The molecule has 0 spiro atoms. The number of para-hydroxylation sites is 1. The van der Waals surface area contributed by atoms with Crippen LogP contribution in [0.1, 0.15) is 0 Å². The molecule has 2 heterocycles. The molecule has 0 aliphatic rings. The maximum atomic E-state index is 4.42. The summed E-state index contributed by atoms with van der Waals surface area (Å²) in [6, 6.07) is 16.1. The maximum absolute atomic E-state index is 4.42. The Morgan fingerprint density at radius 3 is 2.56 bits per heavy atom. The van der Waals surface area contributed by atoms with Crippen LogP contribution in [0.5, 0.6) is 0 Å². The summed E-state index contributed by atoms with van der Waals surface area (Å²) in [7, 11) is 0. The molecule has 0 bridgehead atoms. The Hall–Kier alpha value is -2.22. The van der Waals surface area contributed by atoms with Crippen LogP contribution in [0.15, 0.2) is 60.9 Å². The molecule has 2 heteroatoms. The molecule has 2 aromatic heterocycles. The molecule has 3 rings (SSSR count). The molecule has 1 aromatic carbocycles. The smallest absolute Gasteiger partial charge is 0.0717 e. The molecule has 0 N–H and O–H groups in total. The van der Waals surface area contributed by atoms with E-state index in [9.17, 15) is 0 Å². The Labute approximate surface area is 93.6 Å². The fraction of sp³-hybridized carbons (Fsp3) is 0. The summed E-state index contributed by atoms with van der Waals surface area (Å²) >= 11 is 0. The fourth-order valence-corrected chi connectivity index (χ4v) is 1.74. The van der Waals surface area contributed by atoms with E-state index in [0.717, 1.165) is 22.2 Å². The molecule has 0 atom stereocenters. The van der Waals surface area contributed by atoms with Crippen molar-refractivity contribution in [1.29, 1.82) is 0 Å². The molecule has 76 valence electrons. The summed E-state index contributed by atoms with van der Waals surface area (Å²) < 4.78 is 0. The van der Waals surface area contributed by atoms with Gasteiger partial charge in [0.25, 0.3) is 0 Å². The normalized spacial score (nSPS) is 10.5. The van der Waals surface area contributed by atoms with Crippen molar-refractivity contribution in [2.24, 2.45) is 0 Å². The summed E-state index contributed by atoms with van der Waals surface area (Å²) in [5, 5.41) is 1.14. The molecule has 0 unspecified atom stereocenters. The van der Waals surface area contributed by atoms with Crippen LogP contribution in [-0.4, -0.2) is 9.97 Å². The fourth-order valence-electron chi connectivity index (χ4n) is 1.74. The Morgan fingerprint density at radius 1 is 0.812 bits per heavy atom. The van der Waals surface area contributed by atoms with Gasteiger partial charge in [-0.3, -0.25) is 9.97 Å². The zero-order chi connectivity index (χ0) is 10.8. The van der Waals surface area contributed by atoms with Crippen LogP contribution < -0.4 is 0 Å². The average molecular weight is 206 g/mol. The number of benzene rings is 1. The van der Waals surface area contributed by atoms with E-state index >= 15 is 0 Å². The molecule has 2 nitrogen and oxygen atoms in total. The largest absolute Gasteiger partial charge is 0.256 e. The first-order valence-electron chi connectivity index (χ1n) is 5.20. The third kappa shape index (κ3) is 1.54. The first-order valence-corrected chi connectivity index (χ1v) is 5.20. The lowest BCUT2D eigenvalue weighted by molar-refractivity contribution is 1.31. The van der Waals surface area contributed by atoms with E-state index in [4.69, 9.17) is 0 Å². The zero-order valence-electron chi connectivity index (χ0n) is 8.67. The van der Waals surface area contributed by atoms with Crippen molar-refractivity contribution in [2.45, 2.75) is 0 Å². The number of hydrogen-bond acceptors (Lipinski definition) is 2. The van der Waals surface area contributed by atoms with Gasteiger partial charge in [-0.05, 0) is 24.3 Å². The van der Waals surface area contributed by atoms with Gasteiger partial charge in [0, 0.05) is 23.3 Å². The summed E-state index contributed by atoms with van der Waals surface area (Å²) in [5.74, 6) is 0. The minimum absolute atomic E-state index is 0.959. The number of aromatic nitrogens is 2. The summed E-state index contributed by atoms with van der Waals surface area (Å²) in [4.78, 5) is 8.73. The first-order chi connectivity index (χ1) is 7.93. The van der Waals surface area contributed by atoms with Gasteiger partial charge in [-0.25, -0.2) is 0 Å². The highest BCUT2D eigenvalue weighted by molar-refractivity contribution is 5.82. The van der Waals surface area contributed by atoms with Crippen LogP contribution in [0.3, 0.4) is 0 Å². The van der Waals surface area contributed by atoms with Gasteiger partial charge in [-0.2, -0.15) is 0 Å². The monoisotopic (exact) mass is 206 g/mol. The predicted molar refractivity (Wildman–Crippen MR) is 65.0 cm³/mol. The number of pyridine rings is 2. The number of fused-ring (bicyclic) bond motifs is 1. The molecular formula is C14H10N2. The summed E-state index contributed by atoms with van der Waals surface area (Å²) in [5.41, 5.74) is 3.03. The highest BCUT2D eigenvalue weighted by Crippen LogP contribution is 2.20. The van der Waals surface area contributed by atoms with Gasteiger partial charge in [0.15, 0.2) is 0 Å². The standard InChI is InChI=1S/C14H10N2/c1-2-6-13-11(5-1)9-12(10-16-13)14-7-3-4-8-15-14/h1-10H. The van der Waals surface area contributed by atoms with Crippen molar-refractivity contribution < 1.29 is 0 Å². The van der Waals surface area contributed by atoms with Crippen LogP contribution >= 0.6 is 0 Å². The predicted octanol–water partition coefficient (Wildman–Crippen LogP) is 3.30. The Kier molecular flexibility index (Phi) is 2.11. The molecule has 0 aliphatic carbocycles. The minimum Gasteiger partial charge on any atom is -0.256 e. The van der Waals surface area contributed by atoms with E-state index in [0.29, 0.717) is 0 Å². The zero-order valence-corrected chi connectivity index (χ0v) is 8.67. The van der Waals surface area contributed by atoms with E-state index in [2.05, 4.69) is 22.1 Å². The lowest BCUT2D eigenvalue weighted by Gasteiger charge is -2.01. The third-order valence-corrected chi connectivity index (χ3v) is 2.55. The van der Waals surface area contributed by atoms with Crippen molar-refractivity contribution in [3.05, 3.63) is 60.9 Å². The van der Waals surface area contributed by atoms with Crippen molar-refractivity contribution in [1.82, 2.24) is 9.97 Å². The van der Waals surface area contributed by atoms with E-state index in [1.807, 2.05) is 42.6 Å². The first kappa shape index (κ1) is 9.04. The molecule has 0 fully saturated rings. The summed E-state index contributed by atoms with van der Waals surface area (Å²) in [6.07, 6.45) is 3.66. The Balaban J connectivity index is 2.19. The number of hydrogen-bond donors (Lipinski definition) is 0. The maximum Gasteiger partial charge on any atom is 0.0717 e. The second-order valence-corrected chi connectivity index (χ2v) is 3.63. The van der Waals surface area contributed by atoms with Crippen molar-refractivity contribution >= 4 is 10.9 Å². The van der Waals surface area contributed by atoms with Gasteiger partial charge >= 0.3 is 0 Å². The Bertz CT molecular complexity index is 618. The minimum atomic E-state index is 0.959. The third-order valence-electron chi connectivity index (χ3n) is 2.55. The lowest BCUT2D eigenvalue weighted by atomic mass is 10.1. The topological polar surface area (TPSA) is 25.8 Å². The number of rotatable bonds is 1. The van der Waals surface area contributed by atoms with Crippen LogP contribution in [0.2, 0.25) is 0 Å². The molecule has 0 saturated carbocycles.